The van der Waals surface area contributed by atoms with Crippen LogP contribution in [0.3, 0.4) is 0 Å². The van der Waals surface area contributed by atoms with Crippen LogP contribution in [0.1, 0.15) is 52.4 Å². The molecule has 1 fully saturated rings. The molecule has 0 amide bonds. The molecule has 108 valence electrons. The van der Waals surface area contributed by atoms with E-state index in [1.54, 1.807) is 0 Å². The van der Waals surface area contributed by atoms with Crippen molar-refractivity contribution in [1.29, 1.82) is 0 Å². The highest BCUT2D eigenvalue weighted by Crippen LogP contribution is 2.21. The third-order valence-corrected chi connectivity index (χ3v) is 4.82. The number of nitrogens with one attached hydrogen (secondary N) is 1. The van der Waals surface area contributed by atoms with Gasteiger partial charge in [0.15, 0.2) is 0 Å². The molecule has 0 saturated carbocycles. The molecular formula is C15H32N2O. The van der Waals surface area contributed by atoms with Gasteiger partial charge in [-0.1, -0.05) is 20.3 Å². The van der Waals surface area contributed by atoms with E-state index in [4.69, 9.17) is 0 Å². The molecule has 3 heteroatoms. The van der Waals surface area contributed by atoms with E-state index in [0.29, 0.717) is 0 Å². The molecule has 0 bridgehead atoms. The van der Waals surface area contributed by atoms with Gasteiger partial charge in [-0.3, -0.25) is 0 Å². The van der Waals surface area contributed by atoms with Crippen molar-refractivity contribution in [2.45, 2.75) is 57.9 Å². The van der Waals surface area contributed by atoms with Gasteiger partial charge in [-0.15, -0.1) is 0 Å². The first-order valence-corrected chi connectivity index (χ1v) is 7.71. The minimum atomic E-state index is -0.0556. The lowest BCUT2D eigenvalue weighted by molar-refractivity contribution is 0.133. The lowest BCUT2D eigenvalue weighted by Crippen LogP contribution is -2.46. The zero-order valence-electron chi connectivity index (χ0n) is 12.5. The summed E-state index contributed by atoms with van der Waals surface area (Å²) < 4.78 is 0. The Hall–Kier alpha value is -0.120. The van der Waals surface area contributed by atoms with Crippen LogP contribution in [0.25, 0.3) is 0 Å². The van der Waals surface area contributed by atoms with E-state index in [1.165, 1.54) is 45.3 Å². The van der Waals surface area contributed by atoms with E-state index in [1.807, 2.05) is 7.05 Å². The van der Waals surface area contributed by atoms with Gasteiger partial charge in [-0.2, -0.15) is 0 Å². The van der Waals surface area contributed by atoms with Crippen molar-refractivity contribution >= 4 is 0 Å². The molecule has 0 aromatic rings. The van der Waals surface area contributed by atoms with Gasteiger partial charge in [0.1, 0.15) is 0 Å². The summed E-state index contributed by atoms with van der Waals surface area (Å²) in [6.07, 6.45) is 7.36. The average molecular weight is 256 g/mol. The number of likely N-dealkylation sites (tertiary alicyclic amines) is 1. The van der Waals surface area contributed by atoms with Gasteiger partial charge in [0, 0.05) is 12.1 Å². The summed E-state index contributed by atoms with van der Waals surface area (Å²) in [7, 11) is 1.97. The van der Waals surface area contributed by atoms with Crippen molar-refractivity contribution in [2.24, 2.45) is 5.92 Å². The minimum absolute atomic E-state index is 0.0556. The molecule has 18 heavy (non-hydrogen) atoms. The van der Waals surface area contributed by atoms with Gasteiger partial charge in [0.2, 0.25) is 0 Å². The number of rotatable bonds is 8. The van der Waals surface area contributed by atoms with E-state index in [2.05, 4.69) is 24.1 Å². The van der Waals surface area contributed by atoms with Crippen molar-refractivity contribution in [3.05, 3.63) is 0 Å². The van der Waals surface area contributed by atoms with Crippen LogP contribution in [-0.4, -0.2) is 48.8 Å². The van der Waals surface area contributed by atoms with Gasteiger partial charge in [-0.05, 0) is 58.2 Å². The van der Waals surface area contributed by atoms with E-state index < -0.39 is 0 Å². The Morgan fingerprint density at radius 3 is 2.72 bits per heavy atom. The molecule has 2 N–H and O–H groups in total. The van der Waals surface area contributed by atoms with E-state index in [-0.39, 0.29) is 12.1 Å². The third kappa shape index (κ3) is 4.52. The molecule has 1 aliphatic rings. The zero-order chi connectivity index (χ0) is 13.4. The van der Waals surface area contributed by atoms with E-state index >= 15 is 0 Å². The second-order valence-electron chi connectivity index (χ2n) is 5.86. The highest BCUT2D eigenvalue weighted by molar-refractivity contribution is 4.85. The van der Waals surface area contributed by atoms with E-state index in [9.17, 15) is 5.11 Å². The SMILES string of the molecule is CCC1CCCN(CCCC(CC)(CO)NC)C1. The quantitative estimate of drug-likeness (QED) is 0.699. The van der Waals surface area contributed by atoms with Crippen LogP contribution in [0.4, 0.5) is 0 Å². The fraction of sp³-hybridized carbons (Fsp3) is 1.00. The summed E-state index contributed by atoms with van der Waals surface area (Å²) in [5.41, 5.74) is -0.0556. The number of hydrogen-bond donors (Lipinski definition) is 2. The lowest BCUT2D eigenvalue weighted by Gasteiger charge is -2.34. The molecule has 1 heterocycles. The fourth-order valence-electron chi connectivity index (χ4n) is 3.08. The van der Waals surface area contributed by atoms with Gasteiger partial charge in [-0.25, -0.2) is 0 Å². The van der Waals surface area contributed by atoms with E-state index in [0.717, 1.165) is 18.8 Å². The van der Waals surface area contributed by atoms with Crippen LogP contribution in [-0.2, 0) is 0 Å². The average Bonchev–Trinajstić information content (AvgIpc) is 2.44. The van der Waals surface area contributed by atoms with Crippen molar-refractivity contribution < 1.29 is 5.11 Å². The zero-order valence-corrected chi connectivity index (χ0v) is 12.5. The number of hydrogen-bond acceptors (Lipinski definition) is 3. The Kier molecular flexibility index (Phi) is 7.20. The van der Waals surface area contributed by atoms with Gasteiger partial charge in [0.25, 0.3) is 0 Å². The minimum Gasteiger partial charge on any atom is -0.394 e. The molecule has 2 atom stereocenters. The Morgan fingerprint density at radius 2 is 2.17 bits per heavy atom. The Morgan fingerprint density at radius 1 is 1.39 bits per heavy atom. The standard InChI is InChI=1S/C15H32N2O/c1-4-14-8-6-10-17(12-14)11-7-9-15(5-2,13-18)16-3/h14,16,18H,4-13H2,1-3H3. The molecule has 0 aromatic carbocycles. The normalized spacial score (nSPS) is 25.0. The fourth-order valence-corrected chi connectivity index (χ4v) is 3.08. The first-order chi connectivity index (χ1) is 8.69. The van der Waals surface area contributed by atoms with Crippen molar-refractivity contribution in [3.63, 3.8) is 0 Å². The number of likely N-dealkylation sites (N-methyl/N-ethyl adjacent to an activating group) is 1. The van der Waals surface area contributed by atoms with Gasteiger partial charge >= 0.3 is 0 Å². The molecule has 1 aliphatic heterocycles. The lowest BCUT2D eigenvalue weighted by atomic mass is 9.90. The predicted molar refractivity (Wildman–Crippen MR) is 77.9 cm³/mol. The number of aliphatic hydroxyl groups excluding tert-OH is 1. The van der Waals surface area contributed by atoms with Crippen LogP contribution in [0.15, 0.2) is 0 Å². The van der Waals surface area contributed by atoms with Crippen LogP contribution in [0.2, 0.25) is 0 Å². The van der Waals surface area contributed by atoms with Crippen molar-refractivity contribution in [3.8, 4) is 0 Å². The second-order valence-corrected chi connectivity index (χ2v) is 5.86. The van der Waals surface area contributed by atoms with Gasteiger partial charge in [0.05, 0.1) is 6.61 Å². The number of nitrogens with zero attached hydrogens (tertiary/aromatic N) is 1. The Balaban J connectivity index is 2.28. The summed E-state index contributed by atoms with van der Waals surface area (Å²) in [6.45, 7) is 8.46. The summed E-state index contributed by atoms with van der Waals surface area (Å²) in [5, 5.41) is 12.8. The second kappa shape index (κ2) is 8.13. The summed E-state index contributed by atoms with van der Waals surface area (Å²) in [6, 6.07) is 0. The highest BCUT2D eigenvalue weighted by Gasteiger charge is 2.25. The van der Waals surface area contributed by atoms with Crippen LogP contribution in [0, 0.1) is 5.92 Å². The smallest absolute Gasteiger partial charge is 0.0613 e. The van der Waals surface area contributed by atoms with Crippen molar-refractivity contribution in [1.82, 2.24) is 10.2 Å². The maximum Gasteiger partial charge on any atom is 0.0613 e. The monoisotopic (exact) mass is 256 g/mol. The third-order valence-electron chi connectivity index (χ3n) is 4.82. The largest absolute Gasteiger partial charge is 0.394 e. The van der Waals surface area contributed by atoms with Crippen LogP contribution in [0.5, 0.6) is 0 Å². The highest BCUT2D eigenvalue weighted by atomic mass is 16.3. The summed E-state index contributed by atoms with van der Waals surface area (Å²) >= 11 is 0. The number of aliphatic hydroxyl groups is 1. The van der Waals surface area contributed by atoms with Gasteiger partial charge < -0.3 is 15.3 Å². The molecule has 3 nitrogen and oxygen atoms in total. The topological polar surface area (TPSA) is 35.5 Å². The summed E-state index contributed by atoms with van der Waals surface area (Å²) in [4.78, 5) is 2.62. The first kappa shape index (κ1) is 15.9. The van der Waals surface area contributed by atoms with Crippen molar-refractivity contribution in [2.75, 3.05) is 33.3 Å². The molecule has 0 aromatic heterocycles. The molecule has 0 aliphatic carbocycles. The Labute approximate surface area is 113 Å². The van der Waals surface area contributed by atoms with Crippen LogP contribution >= 0.6 is 0 Å². The predicted octanol–water partition coefficient (Wildman–Crippen LogP) is 2.25. The first-order valence-electron chi connectivity index (χ1n) is 7.71. The molecule has 0 spiro atoms. The maximum atomic E-state index is 9.52. The number of piperidine rings is 1. The Bertz CT molecular complexity index is 208. The molecule has 2 unspecified atom stereocenters. The molecule has 1 saturated heterocycles. The molecule has 1 rings (SSSR count). The summed E-state index contributed by atoms with van der Waals surface area (Å²) in [5.74, 6) is 0.914. The van der Waals surface area contributed by atoms with Crippen LogP contribution < -0.4 is 5.32 Å². The maximum absolute atomic E-state index is 9.52. The molecule has 0 radical (unpaired) electrons. The molecular weight excluding hydrogens is 224 g/mol.